The van der Waals surface area contributed by atoms with Crippen LogP contribution in [0.4, 0.5) is 0 Å². The second kappa shape index (κ2) is 6.05. The van der Waals surface area contributed by atoms with Crippen molar-refractivity contribution in [2.45, 2.75) is 51.9 Å². The highest BCUT2D eigenvalue weighted by Crippen LogP contribution is 2.37. The second-order valence-corrected chi connectivity index (χ2v) is 6.26. The van der Waals surface area contributed by atoms with Gasteiger partial charge in [-0.25, -0.2) is 0 Å². The molecule has 0 bridgehead atoms. The van der Waals surface area contributed by atoms with Gasteiger partial charge in [0.2, 0.25) is 5.91 Å². The Labute approximate surface area is 111 Å². The first kappa shape index (κ1) is 13.9. The van der Waals surface area contributed by atoms with Gasteiger partial charge in [0.1, 0.15) is 0 Å². The Kier molecular flexibility index (Phi) is 4.66. The van der Waals surface area contributed by atoms with E-state index in [9.17, 15) is 4.79 Å². The fraction of sp³-hybridized carbons (Fsp3) is 0.933. The fourth-order valence-corrected chi connectivity index (χ4v) is 3.51. The Balaban J connectivity index is 1.97. The van der Waals surface area contributed by atoms with Crippen LogP contribution in [0.3, 0.4) is 0 Å². The van der Waals surface area contributed by atoms with Crippen LogP contribution in [0, 0.1) is 11.3 Å². The molecule has 1 N–H and O–H groups in total. The van der Waals surface area contributed by atoms with Gasteiger partial charge in [-0.3, -0.25) is 4.79 Å². The van der Waals surface area contributed by atoms with Crippen molar-refractivity contribution in [1.29, 1.82) is 0 Å². The van der Waals surface area contributed by atoms with E-state index in [4.69, 9.17) is 0 Å². The first-order valence-electron chi connectivity index (χ1n) is 7.64. The average Bonchev–Trinajstić information content (AvgIpc) is 2.34. The molecule has 1 aliphatic heterocycles. The molecular formula is C15H28N2O. The molecule has 3 heteroatoms. The molecule has 0 spiro atoms. The minimum Gasteiger partial charge on any atom is -0.345 e. The van der Waals surface area contributed by atoms with Crippen molar-refractivity contribution in [3.8, 4) is 0 Å². The molecule has 0 aromatic carbocycles. The molecule has 1 heterocycles. The van der Waals surface area contributed by atoms with E-state index in [0.29, 0.717) is 5.91 Å². The lowest BCUT2D eigenvalue weighted by atomic mass is 9.74. The van der Waals surface area contributed by atoms with E-state index < -0.39 is 0 Å². The Morgan fingerprint density at radius 3 is 2.50 bits per heavy atom. The third-order valence-electron chi connectivity index (χ3n) is 4.85. The van der Waals surface area contributed by atoms with Gasteiger partial charge in [0, 0.05) is 13.6 Å². The molecule has 1 amide bonds. The van der Waals surface area contributed by atoms with Crippen molar-refractivity contribution < 1.29 is 4.79 Å². The van der Waals surface area contributed by atoms with E-state index in [1.165, 1.54) is 19.3 Å². The first-order valence-corrected chi connectivity index (χ1v) is 7.64. The van der Waals surface area contributed by atoms with Crippen molar-refractivity contribution in [1.82, 2.24) is 10.2 Å². The Hall–Kier alpha value is -0.570. The molecule has 2 rings (SSSR count). The Bertz CT molecular complexity index is 275. The number of nitrogens with one attached hydrogen (secondary N) is 1. The number of hydrogen-bond acceptors (Lipinski definition) is 2. The van der Waals surface area contributed by atoms with E-state index in [-0.39, 0.29) is 5.41 Å². The highest BCUT2D eigenvalue weighted by Gasteiger charge is 2.40. The summed E-state index contributed by atoms with van der Waals surface area (Å²) in [7, 11) is 2.01. The van der Waals surface area contributed by atoms with Crippen molar-refractivity contribution in [3.05, 3.63) is 0 Å². The zero-order valence-corrected chi connectivity index (χ0v) is 12.0. The lowest BCUT2D eigenvalue weighted by molar-refractivity contribution is -0.144. The van der Waals surface area contributed by atoms with Crippen LogP contribution in [0.25, 0.3) is 0 Å². The number of piperidine rings is 1. The molecular weight excluding hydrogens is 224 g/mol. The Morgan fingerprint density at radius 2 is 2.00 bits per heavy atom. The summed E-state index contributed by atoms with van der Waals surface area (Å²) >= 11 is 0. The van der Waals surface area contributed by atoms with Crippen LogP contribution in [0.5, 0.6) is 0 Å². The maximum Gasteiger partial charge on any atom is 0.228 e. The van der Waals surface area contributed by atoms with E-state index in [1.54, 1.807) is 0 Å². The summed E-state index contributed by atoms with van der Waals surface area (Å²) < 4.78 is 0. The van der Waals surface area contributed by atoms with Gasteiger partial charge < -0.3 is 10.2 Å². The highest BCUT2D eigenvalue weighted by molar-refractivity contribution is 5.82. The molecule has 1 saturated carbocycles. The number of nitrogens with zero attached hydrogens (tertiary/aromatic N) is 1. The van der Waals surface area contributed by atoms with E-state index in [2.05, 4.69) is 12.2 Å². The summed E-state index contributed by atoms with van der Waals surface area (Å²) in [6, 6.07) is 0. The van der Waals surface area contributed by atoms with Crippen LogP contribution in [0.15, 0.2) is 0 Å². The van der Waals surface area contributed by atoms with Crippen LogP contribution in [-0.4, -0.2) is 37.5 Å². The summed E-state index contributed by atoms with van der Waals surface area (Å²) in [5.41, 5.74) is -0.0570. The monoisotopic (exact) mass is 252 g/mol. The van der Waals surface area contributed by atoms with Gasteiger partial charge in [0.05, 0.1) is 5.41 Å². The molecule has 0 unspecified atom stereocenters. The lowest BCUT2D eigenvalue weighted by Gasteiger charge is -2.40. The molecule has 1 saturated heterocycles. The SMILES string of the molecule is CCCC1(C(=O)N(C)CC2CCC2)CCNCC1. The molecule has 0 aromatic rings. The van der Waals surface area contributed by atoms with E-state index >= 15 is 0 Å². The zero-order valence-electron chi connectivity index (χ0n) is 12.0. The molecule has 1 aliphatic carbocycles. The van der Waals surface area contributed by atoms with Crippen LogP contribution >= 0.6 is 0 Å². The molecule has 18 heavy (non-hydrogen) atoms. The van der Waals surface area contributed by atoms with Gasteiger partial charge in [-0.1, -0.05) is 19.8 Å². The van der Waals surface area contributed by atoms with Crippen LogP contribution < -0.4 is 5.32 Å². The Morgan fingerprint density at radius 1 is 1.33 bits per heavy atom. The molecule has 0 atom stereocenters. The summed E-state index contributed by atoms with van der Waals surface area (Å²) in [4.78, 5) is 14.8. The number of amides is 1. The largest absolute Gasteiger partial charge is 0.345 e. The molecule has 2 fully saturated rings. The number of carbonyl (C=O) groups excluding carboxylic acids is 1. The summed E-state index contributed by atoms with van der Waals surface area (Å²) in [6.07, 6.45) is 8.21. The predicted octanol–water partition coefficient (Wildman–Crippen LogP) is 2.41. The minimum atomic E-state index is -0.0570. The third kappa shape index (κ3) is 2.87. The van der Waals surface area contributed by atoms with E-state index in [0.717, 1.165) is 51.2 Å². The quantitative estimate of drug-likeness (QED) is 0.815. The summed E-state index contributed by atoms with van der Waals surface area (Å²) in [5.74, 6) is 1.19. The average molecular weight is 252 g/mol. The molecule has 0 radical (unpaired) electrons. The molecule has 104 valence electrons. The number of carbonyl (C=O) groups is 1. The van der Waals surface area contributed by atoms with Crippen molar-refractivity contribution >= 4 is 5.91 Å². The van der Waals surface area contributed by atoms with Gasteiger partial charge in [-0.15, -0.1) is 0 Å². The molecule has 2 aliphatic rings. The van der Waals surface area contributed by atoms with Crippen LogP contribution in [0.2, 0.25) is 0 Å². The fourth-order valence-electron chi connectivity index (χ4n) is 3.51. The second-order valence-electron chi connectivity index (χ2n) is 6.26. The maximum atomic E-state index is 12.8. The number of rotatable bonds is 5. The molecule has 0 aromatic heterocycles. The third-order valence-corrected chi connectivity index (χ3v) is 4.85. The summed E-state index contributed by atoms with van der Waals surface area (Å²) in [6.45, 7) is 5.19. The van der Waals surface area contributed by atoms with Crippen molar-refractivity contribution in [3.63, 3.8) is 0 Å². The molecule has 3 nitrogen and oxygen atoms in total. The zero-order chi connectivity index (χ0) is 13.0. The van der Waals surface area contributed by atoms with Gasteiger partial charge >= 0.3 is 0 Å². The predicted molar refractivity (Wildman–Crippen MR) is 74.4 cm³/mol. The normalized spacial score (nSPS) is 23.4. The van der Waals surface area contributed by atoms with E-state index in [1.807, 2.05) is 11.9 Å². The topological polar surface area (TPSA) is 32.3 Å². The maximum absolute atomic E-state index is 12.8. The standard InChI is InChI=1S/C15H28N2O/c1-3-7-15(8-10-16-11-9-15)14(18)17(2)12-13-5-4-6-13/h13,16H,3-12H2,1-2H3. The number of hydrogen-bond donors (Lipinski definition) is 1. The smallest absolute Gasteiger partial charge is 0.228 e. The van der Waals surface area contributed by atoms with Crippen molar-refractivity contribution in [2.75, 3.05) is 26.7 Å². The van der Waals surface area contributed by atoms with Gasteiger partial charge in [-0.2, -0.15) is 0 Å². The van der Waals surface area contributed by atoms with Gasteiger partial charge in [0.25, 0.3) is 0 Å². The van der Waals surface area contributed by atoms with Crippen molar-refractivity contribution in [2.24, 2.45) is 11.3 Å². The van der Waals surface area contributed by atoms with Crippen LogP contribution in [-0.2, 0) is 4.79 Å². The minimum absolute atomic E-state index is 0.0570. The first-order chi connectivity index (χ1) is 8.68. The lowest BCUT2D eigenvalue weighted by Crippen LogP contribution is -2.49. The van der Waals surface area contributed by atoms with Crippen LogP contribution in [0.1, 0.15) is 51.9 Å². The van der Waals surface area contributed by atoms with Gasteiger partial charge in [-0.05, 0) is 51.1 Å². The summed E-state index contributed by atoms with van der Waals surface area (Å²) in [5, 5.41) is 3.38. The highest BCUT2D eigenvalue weighted by atomic mass is 16.2. The van der Waals surface area contributed by atoms with Gasteiger partial charge in [0.15, 0.2) is 0 Å².